The van der Waals surface area contributed by atoms with Crippen molar-refractivity contribution in [2.24, 2.45) is 5.92 Å². The molecule has 8 heteroatoms. The average molecular weight is 450 g/mol. The van der Waals surface area contributed by atoms with Crippen LogP contribution < -0.4 is 10.6 Å². The predicted octanol–water partition coefficient (Wildman–Crippen LogP) is 4.30. The first kappa shape index (κ1) is 22.8. The molecule has 0 aliphatic heterocycles. The van der Waals surface area contributed by atoms with Crippen LogP contribution in [0.15, 0.2) is 36.8 Å². The van der Waals surface area contributed by atoms with Crippen LogP contribution in [0.2, 0.25) is 0 Å². The van der Waals surface area contributed by atoms with Gasteiger partial charge in [0.15, 0.2) is 0 Å². The molecule has 2 aromatic heterocycles. The standard InChI is InChI=1S/C25H31N5O3/c1-15(2)29-24-20-11-17(18-12-27-28-13-18)6-9-22(20)26-14-21(24)25(32)30-19-7-4-16(5-8-19)10-23(31)33-3/h6,9,11-16,19H,4-5,7-8,10H2,1-3H3,(H,26,29)(H,27,28)(H,30,32). The molecule has 0 saturated heterocycles. The summed E-state index contributed by atoms with van der Waals surface area (Å²) < 4.78 is 4.79. The lowest BCUT2D eigenvalue weighted by Crippen LogP contribution is -2.38. The van der Waals surface area contributed by atoms with Crippen LogP contribution in [0.4, 0.5) is 5.69 Å². The number of H-pyrrole nitrogens is 1. The van der Waals surface area contributed by atoms with Gasteiger partial charge in [-0.05, 0) is 63.1 Å². The summed E-state index contributed by atoms with van der Waals surface area (Å²) in [5.41, 5.74) is 4.14. The largest absolute Gasteiger partial charge is 0.469 e. The highest BCUT2D eigenvalue weighted by Crippen LogP contribution is 2.32. The molecule has 2 heterocycles. The molecule has 3 aromatic rings. The van der Waals surface area contributed by atoms with Gasteiger partial charge in [0.1, 0.15) is 0 Å². The third-order valence-electron chi connectivity index (χ3n) is 6.24. The first-order valence-electron chi connectivity index (χ1n) is 11.5. The van der Waals surface area contributed by atoms with E-state index in [-0.39, 0.29) is 24.0 Å². The van der Waals surface area contributed by atoms with Gasteiger partial charge in [-0.25, -0.2) is 0 Å². The molecule has 0 bridgehead atoms. The number of fused-ring (bicyclic) bond motifs is 1. The smallest absolute Gasteiger partial charge is 0.305 e. The fourth-order valence-corrected chi connectivity index (χ4v) is 4.49. The predicted molar refractivity (Wildman–Crippen MR) is 128 cm³/mol. The zero-order valence-electron chi connectivity index (χ0n) is 19.4. The number of ether oxygens (including phenoxy) is 1. The Hall–Kier alpha value is -3.42. The molecular formula is C25H31N5O3. The second kappa shape index (κ2) is 10.0. The zero-order valence-corrected chi connectivity index (χ0v) is 19.4. The van der Waals surface area contributed by atoms with E-state index in [1.54, 1.807) is 12.4 Å². The molecule has 3 N–H and O–H groups in total. The summed E-state index contributed by atoms with van der Waals surface area (Å²) in [6, 6.07) is 6.26. The molecule has 1 amide bonds. The van der Waals surface area contributed by atoms with Crippen molar-refractivity contribution in [3.63, 3.8) is 0 Å². The summed E-state index contributed by atoms with van der Waals surface area (Å²) >= 11 is 0. The zero-order chi connectivity index (χ0) is 23.4. The van der Waals surface area contributed by atoms with Crippen molar-refractivity contribution in [1.29, 1.82) is 0 Å². The monoisotopic (exact) mass is 449 g/mol. The highest BCUT2D eigenvalue weighted by Gasteiger charge is 2.26. The van der Waals surface area contributed by atoms with Crippen LogP contribution in [0.5, 0.6) is 0 Å². The van der Waals surface area contributed by atoms with Gasteiger partial charge in [0.2, 0.25) is 0 Å². The minimum atomic E-state index is -0.163. The van der Waals surface area contributed by atoms with Crippen molar-refractivity contribution in [1.82, 2.24) is 20.5 Å². The van der Waals surface area contributed by atoms with Gasteiger partial charge >= 0.3 is 5.97 Å². The number of nitrogens with one attached hydrogen (secondary N) is 3. The third-order valence-corrected chi connectivity index (χ3v) is 6.24. The summed E-state index contributed by atoms with van der Waals surface area (Å²) in [6.07, 6.45) is 9.24. The topological polar surface area (TPSA) is 109 Å². The Kier molecular flexibility index (Phi) is 6.91. The molecule has 4 rings (SSSR count). The van der Waals surface area contributed by atoms with Crippen molar-refractivity contribution < 1.29 is 14.3 Å². The van der Waals surface area contributed by atoms with Gasteiger partial charge in [-0.1, -0.05) is 6.07 Å². The van der Waals surface area contributed by atoms with Crippen LogP contribution in [0.3, 0.4) is 0 Å². The number of aromatic nitrogens is 3. The molecule has 0 radical (unpaired) electrons. The molecule has 0 spiro atoms. The minimum absolute atomic E-state index is 0.0891. The summed E-state index contributed by atoms with van der Waals surface area (Å²) in [5, 5.41) is 14.4. The van der Waals surface area contributed by atoms with E-state index < -0.39 is 0 Å². The highest BCUT2D eigenvalue weighted by molar-refractivity contribution is 6.08. The number of nitrogens with zero attached hydrogens (tertiary/aromatic N) is 2. The number of amides is 1. The van der Waals surface area contributed by atoms with Gasteiger partial charge < -0.3 is 15.4 Å². The lowest BCUT2D eigenvalue weighted by atomic mass is 9.84. The number of hydrogen-bond donors (Lipinski definition) is 3. The molecule has 33 heavy (non-hydrogen) atoms. The van der Waals surface area contributed by atoms with Crippen molar-refractivity contribution >= 4 is 28.5 Å². The number of anilines is 1. The molecular weight excluding hydrogens is 418 g/mol. The quantitative estimate of drug-likeness (QED) is 0.464. The number of methoxy groups -OCH3 is 1. The lowest BCUT2D eigenvalue weighted by Gasteiger charge is -2.29. The van der Waals surface area contributed by atoms with E-state index in [9.17, 15) is 9.59 Å². The van der Waals surface area contributed by atoms with E-state index in [2.05, 4.69) is 39.7 Å². The Morgan fingerprint density at radius 1 is 1.15 bits per heavy atom. The summed E-state index contributed by atoms with van der Waals surface area (Å²) in [4.78, 5) is 29.4. The number of carbonyl (C=O) groups excluding carboxylic acids is 2. The van der Waals surface area contributed by atoms with Gasteiger partial charge in [0.05, 0.1) is 30.1 Å². The van der Waals surface area contributed by atoms with E-state index >= 15 is 0 Å². The Balaban J connectivity index is 1.56. The van der Waals surface area contributed by atoms with Crippen LogP contribution in [-0.2, 0) is 9.53 Å². The van der Waals surface area contributed by atoms with E-state index in [1.807, 2.05) is 24.4 Å². The maximum absolute atomic E-state index is 13.3. The fourth-order valence-electron chi connectivity index (χ4n) is 4.49. The maximum Gasteiger partial charge on any atom is 0.305 e. The van der Waals surface area contributed by atoms with E-state index in [1.165, 1.54) is 7.11 Å². The lowest BCUT2D eigenvalue weighted by molar-refractivity contribution is -0.142. The molecule has 1 fully saturated rings. The normalized spacial score (nSPS) is 18.3. The summed E-state index contributed by atoms with van der Waals surface area (Å²) in [6.45, 7) is 4.10. The molecule has 0 unspecified atom stereocenters. The number of carbonyl (C=O) groups is 2. The molecule has 8 nitrogen and oxygen atoms in total. The van der Waals surface area contributed by atoms with E-state index in [0.717, 1.165) is 53.4 Å². The number of benzene rings is 1. The molecule has 0 atom stereocenters. The van der Waals surface area contributed by atoms with Gasteiger partial charge in [-0.2, -0.15) is 5.10 Å². The highest BCUT2D eigenvalue weighted by atomic mass is 16.5. The number of rotatable bonds is 7. The van der Waals surface area contributed by atoms with Crippen molar-refractivity contribution in [3.8, 4) is 11.1 Å². The van der Waals surface area contributed by atoms with Gasteiger partial charge in [-0.15, -0.1) is 0 Å². The van der Waals surface area contributed by atoms with Crippen LogP contribution in [-0.4, -0.2) is 46.3 Å². The number of hydrogen-bond acceptors (Lipinski definition) is 6. The summed E-state index contributed by atoms with van der Waals surface area (Å²) in [5.74, 6) is 0.0362. The third kappa shape index (κ3) is 5.32. The fraction of sp³-hybridized carbons (Fsp3) is 0.440. The summed E-state index contributed by atoms with van der Waals surface area (Å²) in [7, 11) is 1.42. The molecule has 1 aliphatic rings. The van der Waals surface area contributed by atoms with Crippen LogP contribution in [0.1, 0.15) is 56.3 Å². The van der Waals surface area contributed by atoms with Crippen molar-refractivity contribution in [3.05, 3.63) is 42.4 Å². The maximum atomic E-state index is 13.3. The Bertz CT molecular complexity index is 1120. The Morgan fingerprint density at radius 3 is 2.61 bits per heavy atom. The second-order valence-electron chi connectivity index (χ2n) is 9.04. The molecule has 1 aromatic carbocycles. The Labute approximate surface area is 193 Å². The van der Waals surface area contributed by atoms with Gasteiger partial charge in [-0.3, -0.25) is 19.7 Å². The first-order valence-corrected chi connectivity index (χ1v) is 11.5. The Morgan fingerprint density at radius 2 is 1.94 bits per heavy atom. The second-order valence-corrected chi connectivity index (χ2v) is 9.04. The number of esters is 1. The SMILES string of the molecule is COC(=O)CC1CCC(NC(=O)c2cnc3ccc(-c4cn[nH]c4)cc3c2NC(C)C)CC1. The van der Waals surface area contributed by atoms with Crippen LogP contribution in [0, 0.1) is 5.92 Å². The number of aromatic amines is 1. The van der Waals surface area contributed by atoms with E-state index in [0.29, 0.717) is 17.9 Å². The first-order chi connectivity index (χ1) is 15.9. The van der Waals surface area contributed by atoms with E-state index in [4.69, 9.17) is 4.74 Å². The van der Waals surface area contributed by atoms with Crippen LogP contribution in [0.25, 0.3) is 22.0 Å². The van der Waals surface area contributed by atoms with Gasteiger partial charge in [0.25, 0.3) is 5.91 Å². The average Bonchev–Trinajstić information content (AvgIpc) is 3.35. The number of pyridine rings is 1. The molecule has 174 valence electrons. The van der Waals surface area contributed by atoms with Crippen LogP contribution >= 0.6 is 0 Å². The minimum Gasteiger partial charge on any atom is -0.469 e. The van der Waals surface area contributed by atoms with Crippen molar-refractivity contribution in [2.45, 2.75) is 58.0 Å². The van der Waals surface area contributed by atoms with Crippen molar-refractivity contribution in [2.75, 3.05) is 12.4 Å². The molecule has 1 aliphatic carbocycles. The molecule has 1 saturated carbocycles. The van der Waals surface area contributed by atoms with Gasteiger partial charge in [0, 0.05) is 41.8 Å².